The first kappa shape index (κ1) is 16.9. The molecular weight excluding hydrogens is 391 g/mol. The molecule has 5 N–H and O–H groups in total. The summed E-state index contributed by atoms with van der Waals surface area (Å²) >= 11 is 3.10. The highest BCUT2D eigenvalue weighted by Gasteiger charge is 2.14. The van der Waals surface area contributed by atoms with Gasteiger partial charge < -0.3 is 16.8 Å². The Morgan fingerprint density at radius 3 is 2.84 bits per heavy atom. The van der Waals surface area contributed by atoms with Gasteiger partial charge in [0.1, 0.15) is 5.82 Å². The van der Waals surface area contributed by atoms with Crippen LogP contribution in [0.1, 0.15) is 11.3 Å². The maximum absolute atomic E-state index is 13.3. The van der Waals surface area contributed by atoms with Crippen molar-refractivity contribution in [2.24, 2.45) is 10.7 Å². The van der Waals surface area contributed by atoms with Crippen LogP contribution in [0.15, 0.2) is 56.6 Å². The van der Waals surface area contributed by atoms with Gasteiger partial charge in [0, 0.05) is 12.2 Å². The van der Waals surface area contributed by atoms with E-state index in [0.29, 0.717) is 28.2 Å². The number of aromatic nitrogens is 2. The lowest BCUT2D eigenvalue weighted by Crippen LogP contribution is -2.16. The highest BCUT2D eigenvalue weighted by Crippen LogP contribution is 2.23. The van der Waals surface area contributed by atoms with E-state index in [1.165, 1.54) is 18.2 Å². The predicted molar refractivity (Wildman–Crippen MR) is 97.0 cm³/mol. The summed E-state index contributed by atoms with van der Waals surface area (Å²) in [6.45, 7) is 0.460. The lowest BCUT2D eigenvalue weighted by Gasteiger charge is -2.05. The molecule has 3 aromatic rings. The van der Waals surface area contributed by atoms with Gasteiger partial charge in [-0.2, -0.15) is 0 Å². The fraction of sp³-hybridized carbons (Fsp3) is 0.0625. The van der Waals surface area contributed by atoms with Crippen LogP contribution in [-0.4, -0.2) is 16.1 Å². The summed E-state index contributed by atoms with van der Waals surface area (Å²) in [6.07, 6.45) is 0. The summed E-state index contributed by atoms with van der Waals surface area (Å²) in [5.41, 5.74) is 14.1. The number of rotatable bonds is 5. The molecule has 128 valence electrons. The molecule has 0 spiro atoms. The quantitative estimate of drug-likeness (QED) is 0.341. The number of halogens is 2. The first-order chi connectivity index (χ1) is 12.0. The number of anilines is 2. The van der Waals surface area contributed by atoms with E-state index in [1.807, 2.05) is 18.2 Å². The molecule has 0 saturated carbocycles. The zero-order valence-corrected chi connectivity index (χ0v) is 14.5. The highest BCUT2D eigenvalue weighted by molar-refractivity contribution is 9.10. The van der Waals surface area contributed by atoms with Crippen molar-refractivity contribution in [1.82, 2.24) is 10.3 Å². The fourth-order valence-corrected chi connectivity index (χ4v) is 2.47. The number of benzene rings is 2. The van der Waals surface area contributed by atoms with Crippen LogP contribution in [0, 0.1) is 5.82 Å². The molecule has 3 rings (SSSR count). The second kappa shape index (κ2) is 7.31. The van der Waals surface area contributed by atoms with Gasteiger partial charge in [0.05, 0.1) is 10.2 Å². The van der Waals surface area contributed by atoms with Crippen LogP contribution in [0.2, 0.25) is 0 Å². The highest BCUT2D eigenvalue weighted by atomic mass is 79.9. The third kappa shape index (κ3) is 4.13. The van der Waals surface area contributed by atoms with Gasteiger partial charge in [0.15, 0.2) is 11.5 Å². The lowest BCUT2D eigenvalue weighted by molar-refractivity contribution is 0.307. The van der Waals surface area contributed by atoms with Crippen molar-refractivity contribution in [3.8, 4) is 0 Å². The van der Waals surface area contributed by atoms with Gasteiger partial charge in [-0.15, -0.1) is 0 Å². The Morgan fingerprint density at radius 1 is 1.24 bits per heavy atom. The molecule has 0 amide bonds. The Bertz CT molecular complexity index is 926. The number of nitrogen functional groups attached to an aromatic ring is 1. The van der Waals surface area contributed by atoms with Crippen LogP contribution in [0.5, 0.6) is 0 Å². The Labute approximate surface area is 151 Å². The summed E-state index contributed by atoms with van der Waals surface area (Å²) in [5, 5.41) is 10.6. The zero-order valence-electron chi connectivity index (χ0n) is 12.9. The molecule has 0 saturated heterocycles. The predicted octanol–water partition coefficient (Wildman–Crippen LogP) is 3.20. The molecule has 7 nitrogen and oxygen atoms in total. The van der Waals surface area contributed by atoms with Crippen molar-refractivity contribution >= 4 is 39.0 Å². The molecule has 1 aromatic heterocycles. The first-order valence-corrected chi connectivity index (χ1v) is 8.02. The van der Waals surface area contributed by atoms with Crippen molar-refractivity contribution in [3.63, 3.8) is 0 Å². The van der Waals surface area contributed by atoms with Gasteiger partial charge in [-0.05, 0) is 62.1 Å². The molecule has 0 radical (unpaired) electrons. The number of hydrogen-bond donors (Lipinski definition) is 3. The van der Waals surface area contributed by atoms with Crippen molar-refractivity contribution in [2.45, 2.75) is 6.54 Å². The van der Waals surface area contributed by atoms with E-state index in [2.05, 4.69) is 36.6 Å². The van der Waals surface area contributed by atoms with Crippen LogP contribution in [0.3, 0.4) is 0 Å². The van der Waals surface area contributed by atoms with Crippen LogP contribution in [-0.2, 0) is 6.54 Å². The number of aliphatic imine (C=N–C) groups is 1. The van der Waals surface area contributed by atoms with Crippen LogP contribution in [0.25, 0.3) is 0 Å². The average molecular weight is 405 g/mol. The van der Waals surface area contributed by atoms with Gasteiger partial charge >= 0.3 is 0 Å². The lowest BCUT2D eigenvalue weighted by atomic mass is 10.2. The van der Waals surface area contributed by atoms with Gasteiger partial charge in [-0.3, -0.25) is 0 Å². The minimum Gasteiger partial charge on any atom is -0.399 e. The van der Waals surface area contributed by atoms with Gasteiger partial charge in [0.2, 0.25) is 5.82 Å². The van der Waals surface area contributed by atoms with E-state index < -0.39 is 0 Å². The standard InChI is InChI=1S/C16H14BrFN6O/c17-12-7-11(4-5-13(12)18)22-15(20)14-16(24-25-23-14)21-8-9-2-1-3-10(19)6-9/h1-7H,8,19H2,(H2,20,22)(H,21,24). The van der Waals surface area contributed by atoms with Crippen LogP contribution >= 0.6 is 15.9 Å². The molecule has 0 atom stereocenters. The van der Waals surface area contributed by atoms with Crippen molar-refractivity contribution in [1.29, 1.82) is 0 Å². The monoisotopic (exact) mass is 404 g/mol. The molecule has 0 aliphatic heterocycles. The third-order valence-corrected chi connectivity index (χ3v) is 3.90. The topological polar surface area (TPSA) is 115 Å². The Balaban J connectivity index is 1.78. The number of amidine groups is 1. The minimum atomic E-state index is -0.384. The maximum Gasteiger partial charge on any atom is 0.202 e. The second-order valence-corrected chi connectivity index (χ2v) is 6.01. The third-order valence-electron chi connectivity index (χ3n) is 3.29. The number of nitrogens with one attached hydrogen (secondary N) is 1. The average Bonchev–Trinajstić information content (AvgIpc) is 3.05. The summed E-state index contributed by atoms with van der Waals surface area (Å²) in [6, 6.07) is 11.7. The van der Waals surface area contributed by atoms with Crippen LogP contribution in [0.4, 0.5) is 21.6 Å². The number of hydrogen-bond acceptors (Lipinski definition) is 6. The largest absolute Gasteiger partial charge is 0.399 e. The molecule has 2 aromatic carbocycles. The van der Waals surface area contributed by atoms with E-state index in [1.54, 1.807) is 6.07 Å². The maximum atomic E-state index is 13.3. The molecule has 0 bridgehead atoms. The number of nitrogens with zero attached hydrogens (tertiary/aromatic N) is 3. The molecule has 0 aliphatic carbocycles. The van der Waals surface area contributed by atoms with E-state index in [4.69, 9.17) is 16.1 Å². The summed E-state index contributed by atoms with van der Waals surface area (Å²) in [7, 11) is 0. The SMILES string of the molecule is NC(=Nc1ccc(F)c(Br)c1)c1nonc1NCc1cccc(N)c1. The Morgan fingerprint density at radius 2 is 2.08 bits per heavy atom. The van der Waals surface area contributed by atoms with Gasteiger partial charge in [-0.1, -0.05) is 12.1 Å². The van der Waals surface area contributed by atoms with Crippen molar-refractivity contribution in [3.05, 3.63) is 64.0 Å². The zero-order chi connectivity index (χ0) is 17.8. The summed E-state index contributed by atoms with van der Waals surface area (Å²) < 4.78 is 18.3. The van der Waals surface area contributed by atoms with E-state index >= 15 is 0 Å². The molecule has 0 aliphatic rings. The molecule has 25 heavy (non-hydrogen) atoms. The Hall–Kier alpha value is -2.94. The van der Waals surface area contributed by atoms with E-state index in [-0.39, 0.29) is 17.3 Å². The molecule has 9 heteroatoms. The van der Waals surface area contributed by atoms with E-state index in [9.17, 15) is 4.39 Å². The summed E-state index contributed by atoms with van der Waals surface area (Å²) in [5.74, 6) is 0.0600. The van der Waals surface area contributed by atoms with Crippen molar-refractivity contribution < 1.29 is 9.02 Å². The normalized spacial score (nSPS) is 11.5. The minimum absolute atomic E-state index is 0.0924. The molecule has 0 fully saturated rings. The molecule has 0 unspecified atom stereocenters. The van der Waals surface area contributed by atoms with Crippen LogP contribution < -0.4 is 16.8 Å². The molecule has 1 heterocycles. The van der Waals surface area contributed by atoms with E-state index in [0.717, 1.165) is 5.56 Å². The second-order valence-electron chi connectivity index (χ2n) is 5.16. The number of nitrogens with two attached hydrogens (primary N) is 2. The smallest absolute Gasteiger partial charge is 0.202 e. The molecular formula is C16H14BrFN6O. The van der Waals surface area contributed by atoms with Gasteiger partial charge in [-0.25, -0.2) is 14.0 Å². The fourth-order valence-electron chi connectivity index (χ4n) is 2.11. The summed E-state index contributed by atoms with van der Waals surface area (Å²) in [4.78, 5) is 4.21. The Kier molecular flexibility index (Phi) is 4.94. The van der Waals surface area contributed by atoms with Gasteiger partial charge in [0.25, 0.3) is 0 Å². The van der Waals surface area contributed by atoms with Crippen molar-refractivity contribution in [2.75, 3.05) is 11.1 Å². The first-order valence-electron chi connectivity index (χ1n) is 7.23.